The first-order valence-corrected chi connectivity index (χ1v) is 7.53. The molecule has 0 atom stereocenters. The average Bonchev–Trinajstić information content (AvgIpc) is 3.20. The van der Waals surface area contributed by atoms with E-state index in [0.717, 1.165) is 49.2 Å². The van der Waals surface area contributed by atoms with Gasteiger partial charge in [0.2, 0.25) is 0 Å². The van der Waals surface area contributed by atoms with E-state index in [1.807, 2.05) is 12.4 Å². The van der Waals surface area contributed by atoms with Crippen molar-refractivity contribution in [2.24, 2.45) is 0 Å². The second-order valence-electron chi connectivity index (χ2n) is 5.50. The lowest BCUT2D eigenvalue weighted by Crippen LogP contribution is -2.17. The molecule has 4 nitrogen and oxygen atoms in total. The number of aromatic nitrogens is 3. The first-order valence-electron chi connectivity index (χ1n) is 7.53. The number of hydrogen-bond acceptors (Lipinski definition) is 3. The van der Waals surface area contributed by atoms with Gasteiger partial charge >= 0.3 is 0 Å². The molecule has 2 aromatic rings. The Kier molecular flexibility index (Phi) is 4.11. The fourth-order valence-corrected chi connectivity index (χ4v) is 2.36. The molecule has 0 unspecified atom stereocenters. The second kappa shape index (κ2) is 6.18. The van der Waals surface area contributed by atoms with Crippen molar-refractivity contribution < 1.29 is 0 Å². The van der Waals surface area contributed by atoms with Gasteiger partial charge in [-0.05, 0) is 31.4 Å². The van der Waals surface area contributed by atoms with Gasteiger partial charge < -0.3 is 9.88 Å². The lowest BCUT2D eigenvalue weighted by Gasteiger charge is -2.08. The standard InChI is InChI=1S/C16H22N4/c1-2-4-16-17-9-10-20(16)12-15-6-3-5-14(19-15)11-18-13-7-8-13/h3,5-6,9-10,13,18H,2,4,7-8,11-12H2,1H3. The topological polar surface area (TPSA) is 42.7 Å². The van der Waals surface area contributed by atoms with Crippen LogP contribution >= 0.6 is 0 Å². The van der Waals surface area contributed by atoms with Gasteiger partial charge in [0.1, 0.15) is 5.82 Å². The van der Waals surface area contributed by atoms with Crippen LogP contribution in [0.5, 0.6) is 0 Å². The third-order valence-electron chi connectivity index (χ3n) is 3.62. The van der Waals surface area contributed by atoms with Crippen molar-refractivity contribution in [3.05, 3.63) is 47.8 Å². The molecule has 0 spiro atoms. The predicted octanol–water partition coefficient (Wildman–Crippen LogP) is 2.53. The summed E-state index contributed by atoms with van der Waals surface area (Å²) in [5.41, 5.74) is 2.24. The highest BCUT2D eigenvalue weighted by Gasteiger charge is 2.20. The summed E-state index contributed by atoms with van der Waals surface area (Å²) < 4.78 is 2.20. The van der Waals surface area contributed by atoms with Crippen molar-refractivity contribution in [2.75, 3.05) is 0 Å². The van der Waals surface area contributed by atoms with Crippen LogP contribution in [-0.2, 0) is 19.5 Å². The second-order valence-corrected chi connectivity index (χ2v) is 5.50. The Morgan fingerprint density at radius 3 is 2.95 bits per heavy atom. The maximum absolute atomic E-state index is 4.74. The van der Waals surface area contributed by atoms with Gasteiger partial charge in [-0.1, -0.05) is 13.0 Å². The van der Waals surface area contributed by atoms with Gasteiger partial charge in [0.05, 0.1) is 17.9 Å². The maximum atomic E-state index is 4.74. The first-order chi connectivity index (χ1) is 9.85. The van der Waals surface area contributed by atoms with Crippen LogP contribution in [-0.4, -0.2) is 20.6 Å². The van der Waals surface area contributed by atoms with E-state index in [9.17, 15) is 0 Å². The van der Waals surface area contributed by atoms with E-state index in [1.165, 1.54) is 12.8 Å². The molecule has 106 valence electrons. The molecule has 1 N–H and O–H groups in total. The third kappa shape index (κ3) is 3.45. The lowest BCUT2D eigenvalue weighted by atomic mass is 10.2. The maximum Gasteiger partial charge on any atom is 0.108 e. The molecule has 3 rings (SSSR count). The van der Waals surface area contributed by atoms with E-state index in [-0.39, 0.29) is 0 Å². The molecule has 1 fully saturated rings. The molecule has 0 amide bonds. The Morgan fingerprint density at radius 2 is 2.15 bits per heavy atom. The zero-order valence-electron chi connectivity index (χ0n) is 12.0. The molecule has 1 aliphatic rings. The van der Waals surface area contributed by atoms with Crippen molar-refractivity contribution in [1.82, 2.24) is 19.9 Å². The highest BCUT2D eigenvalue weighted by atomic mass is 15.1. The summed E-state index contributed by atoms with van der Waals surface area (Å²) >= 11 is 0. The fraction of sp³-hybridized carbons (Fsp3) is 0.500. The van der Waals surface area contributed by atoms with Crippen LogP contribution in [0.2, 0.25) is 0 Å². The Morgan fingerprint density at radius 1 is 1.30 bits per heavy atom. The molecule has 0 radical (unpaired) electrons. The SMILES string of the molecule is CCCc1nccn1Cc1cccc(CNC2CC2)n1. The van der Waals surface area contributed by atoms with E-state index < -0.39 is 0 Å². The van der Waals surface area contributed by atoms with Crippen molar-refractivity contribution in [2.45, 2.75) is 51.7 Å². The largest absolute Gasteiger partial charge is 0.329 e. The summed E-state index contributed by atoms with van der Waals surface area (Å²) in [6, 6.07) is 7.02. The van der Waals surface area contributed by atoms with Crippen LogP contribution in [0.1, 0.15) is 43.4 Å². The molecular weight excluding hydrogens is 248 g/mol. The van der Waals surface area contributed by atoms with Crippen molar-refractivity contribution in [3.8, 4) is 0 Å². The van der Waals surface area contributed by atoms with Gasteiger partial charge in [-0.3, -0.25) is 4.98 Å². The van der Waals surface area contributed by atoms with Crippen molar-refractivity contribution >= 4 is 0 Å². The minimum atomic E-state index is 0.727. The summed E-state index contributed by atoms with van der Waals surface area (Å²) in [6.45, 7) is 3.87. The molecule has 0 bridgehead atoms. The van der Waals surface area contributed by atoms with Gasteiger partial charge in [0.25, 0.3) is 0 Å². The number of hydrogen-bond donors (Lipinski definition) is 1. The summed E-state index contributed by atoms with van der Waals surface area (Å²) in [4.78, 5) is 9.15. The molecule has 0 aliphatic heterocycles. The minimum Gasteiger partial charge on any atom is -0.329 e. The number of rotatable bonds is 7. The van der Waals surface area contributed by atoms with Crippen LogP contribution in [0.3, 0.4) is 0 Å². The number of pyridine rings is 1. The van der Waals surface area contributed by atoms with Gasteiger partial charge in [-0.15, -0.1) is 0 Å². The van der Waals surface area contributed by atoms with Crippen molar-refractivity contribution in [3.63, 3.8) is 0 Å². The molecule has 20 heavy (non-hydrogen) atoms. The summed E-state index contributed by atoms with van der Waals surface area (Å²) in [5, 5.41) is 3.51. The minimum absolute atomic E-state index is 0.727. The van der Waals surface area contributed by atoms with Crippen molar-refractivity contribution in [1.29, 1.82) is 0 Å². The van der Waals surface area contributed by atoms with Gasteiger partial charge in [0.15, 0.2) is 0 Å². The van der Waals surface area contributed by atoms with Crippen LogP contribution in [0.15, 0.2) is 30.6 Å². The predicted molar refractivity (Wildman–Crippen MR) is 79.4 cm³/mol. The first kappa shape index (κ1) is 13.3. The van der Waals surface area contributed by atoms with E-state index in [1.54, 1.807) is 0 Å². The third-order valence-corrected chi connectivity index (χ3v) is 3.62. The van der Waals surface area contributed by atoms with E-state index in [2.05, 4.69) is 40.0 Å². The number of aryl methyl sites for hydroxylation is 1. The van der Waals surface area contributed by atoms with E-state index in [4.69, 9.17) is 4.98 Å². The van der Waals surface area contributed by atoms with Gasteiger partial charge in [0, 0.05) is 31.4 Å². The molecule has 0 saturated heterocycles. The van der Waals surface area contributed by atoms with Gasteiger partial charge in [-0.25, -0.2) is 4.98 Å². The molecular formula is C16H22N4. The quantitative estimate of drug-likeness (QED) is 0.840. The highest BCUT2D eigenvalue weighted by Crippen LogP contribution is 2.19. The Labute approximate surface area is 120 Å². The molecule has 0 aromatic carbocycles. The Bertz CT molecular complexity index is 557. The molecule has 2 aromatic heterocycles. The number of nitrogens with zero attached hydrogens (tertiary/aromatic N) is 3. The van der Waals surface area contributed by atoms with E-state index in [0.29, 0.717) is 0 Å². The number of imidazole rings is 1. The van der Waals surface area contributed by atoms with Crippen LogP contribution in [0.4, 0.5) is 0 Å². The molecule has 1 aliphatic carbocycles. The van der Waals surface area contributed by atoms with Crippen LogP contribution < -0.4 is 5.32 Å². The van der Waals surface area contributed by atoms with E-state index >= 15 is 0 Å². The Hall–Kier alpha value is -1.68. The average molecular weight is 270 g/mol. The summed E-state index contributed by atoms with van der Waals surface area (Å²) in [5.74, 6) is 1.15. The summed E-state index contributed by atoms with van der Waals surface area (Å²) in [6.07, 6.45) is 8.70. The monoisotopic (exact) mass is 270 g/mol. The van der Waals surface area contributed by atoms with Crippen LogP contribution in [0, 0.1) is 0 Å². The lowest BCUT2D eigenvalue weighted by molar-refractivity contribution is 0.659. The highest BCUT2D eigenvalue weighted by molar-refractivity contribution is 5.13. The number of nitrogens with one attached hydrogen (secondary N) is 1. The molecule has 1 saturated carbocycles. The molecule has 2 heterocycles. The normalized spacial score (nSPS) is 14.7. The zero-order valence-corrected chi connectivity index (χ0v) is 12.0. The molecule has 4 heteroatoms. The summed E-state index contributed by atoms with van der Waals surface area (Å²) in [7, 11) is 0. The fourth-order valence-electron chi connectivity index (χ4n) is 2.36. The van der Waals surface area contributed by atoms with Crippen LogP contribution in [0.25, 0.3) is 0 Å². The Balaban J connectivity index is 1.66. The smallest absolute Gasteiger partial charge is 0.108 e. The van der Waals surface area contributed by atoms with Gasteiger partial charge in [-0.2, -0.15) is 0 Å². The zero-order chi connectivity index (χ0) is 13.8.